The lowest BCUT2D eigenvalue weighted by molar-refractivity contribution is -0.139. The third-order valence-electron chi connectivity index (χ3n) is 6.03. The number of carbonyl (C=O) groups is 2. The summed E-state index contributed by atoms with van der Waals surface area (Å²) in [5.41, 5.74) is 4.69. The number of hydrogen-bond acceptors (Lipinski definition) is 4. The Bertz CT molecular complexity index is 1160. The van der Waals surface area contributed by atoms with Gasteiger partial charge in [0.2, 0.25) is 0 Å². The Kier molecular flexibility index (Phi) is 7.80. The second-order valence-electron chi connectivity index (χ2n) is 8.56. The summed E-state index contributed by atoms with van der Waals surface area (Å²) in [6, 6.07) is 17.7. The van der Waals surface area contributed by atoms with Gasteiger partial charge in [0, 0.05) is 18.7 Å². The molecule has 6 nitrogen and oxygen atoms in total. The summed E-state index contributed by atoms with van der Waals surface area (Å²) in [7, 11) is 0. The SMILES string of the molecule is O=C(N[C@@H](Cc1ccc(CCCc2ccc3c(n2)NCCC3)cc1)C(=O)O)c1ccccc1Cl. The molecule has 0 aliphatic carbocycles. The lowest BCUT2D eigenvalue weighted by atomic mass is 10.0. The minimum Gasteiger partial charge on any atom is -0.480 e. The molecule has 2 aromatic carbocycles. The highest BCUT2D eigenvalue weighted by Gasteiger charge is 2.22. The summed E-state index contributed by atoms with van der Waals surface area (Å²) in [6.45, 7) is 0.988. The zero-order valence-electron chi connectivity index (χ0n) is 18.9. The molecule has 0 fully saturated rings. The molecule has 1 atom stereocenters. The molecule has 3 aromatic rings. The predicted molar refractivity (Wildman–Crippen MR) is 134 cm³/mol. The standard InChI is InChI=1S/C27H28ClN3O3/c28-23-9-2-1-8-22(23)26(32)31-24(27(33)34)17-19-12-10-18(11-13-19)5-3-7-21-15-14-20-6-4-16-29-25(20)30-21/h1-2,8-15,24H,3-7,16-17H2,(H,29,30)(H,31,32)(H,33,34)/t24-/m0/s1. The normalized spacial score (nSPS) is 13.4. The maximum Gasteiger partial charge on any atom is 0.326 e. The number of fused-ring (bicyclic) bond motifs is 1. The number of nitrogens with one attached hydrogen (secondary N) is 2. The van der Waals surface area contributed by atoms with Gasteiger partial charge >= 0.3 is 5.97 Å². The van der Waals surface area contributed by atoms with Crippen molar-refractivity contribution in [3.8, 4) is 0 Å². The van der Waals surface area contributed by atoms with Crippen LogP contribution in [-0.4, -0.2) is 34.6 Å². The summed E-state index contributed by atoms with van der Waals surface area (Å²) in [4.78, 5) is 29.0. The van der Waals surface area contributed by atoms with Gasteiger partial charge in [0.15, 0.2) is 0 Å². The van der Waals surface area contributed by atoms with E-state index in [9.17, 15) is 14.7 Å². The molecule has 1 amide bonds. The zero-order chi connectivity index (χ0) is 23.9. The quantitative estimate of drug-likeness (QED) is 0.415. The highest BCUT2D eigenvalue weighted by atomic mass is 35.5. The molecule has 0 unspecified atom stereocenters. The molecule has 4 rings (SSSR count). The monoisotopic (exact) mass is 477 g/mol. The Morgan fingerprint density at radius 1 is 1.03 bits per heavy atom. The molecular formula is C27H28ClN3O3. The van der Waals surface area contributed by atoms with E-state index in [0.29, 0.717) is 0 Å². The molecule has 0 saturated heterocycles. The first-order valence-electron chi connectivity index (χ1n) is 11.6. The largest absolute Gasteiger partial charge is 0.480 e. The van der Waals surface area contributed by atoms with Crippen molar-refractivity contribution in [1.29, 1.82) is 0 Å². The van der Waals surface area contributed by atoms with Gasteiger partial charge in [-0.15, -0.1) is 0 Å². The van der Waals surface area contributed by atoms with E-state index in [1.54, 1.807) is 24.3 Å². The highest BCUT2D eigenvalue weighted by molar-refractivity contribution is 6.33. The average Bonchev–Trinajstić information content (AvgIpc) is 2.84. The van der Waals surface area contributed by atoms with Crippen molar-refractivity contribution < 1.29 is 14.7 Å². The first kappa shape index (κ1) is 23.8. The Labute approximate surface area is 204 Å². The van der Waals surface area contributed by atoms with Crippen LogP contribution >= 0.6 is 11.6 Å². The van der Waals surface area contributed by atoms with E-state index in [0.717, 1.165) is 55.7 Å². The molecule has 0 bridgehead atoms. The van der Waals surface area contributed by atoms with Crippen molar-refractivity contribution in [3.05, 3.63) is 93.6 Å². The van der Waals surface area contributed by atoms with Crippen LogP contribution in [0.25, 0.3) is 0 Å². The predicted octanol–water partition coefficient (Wildman–Crippen LogP) is 4.69. The van der Waals surface area contributed by atoms with E-state index in [1.807, 2.05) is 24.3 Å². The van der Waals surface area contributed by atoms with Gasteiger partial charge in [0.1, 0.15) is 11.9 Å². The number of halogens is 1. The van der Waals surface area contributed by atoms with E-state index in [1.165, 1.54) is 11.1 Å². The fourth-order valence-electron chi connectivity index (χ4n) is 4.14. The van der Waals surface area contributed by atoms with Crippen molar-refractivity contribution in [3.63, 3.8) is 0 Å². The van der Waals surface area contributed by atoms with Gasteiger partial charge < -0.3 is 15.7 Å². The lowest BCUT2D eigenvalue weighted by Crippen LogP contribution is -2.42. The van der Waals surface area contributed by atoms with Crippen LogP contribution < -0.4 is 10.6 Å². The van der Waals surface area contributed by atoms with E-state index < -0.39 is 17.9 Å². The first-order chi connectivity index (χ1) is 16.5. The van der Waals surface area contributed by atoms with Gasteiger partial charge in [0.25, 0.3) is 5.91 Å². The molecule has 0 saturated carbocycles. The minimum absolute atomic E-state index is 0.192. The third kappa shape index (κ3) is 6.14. The number of aryl methyl sites for hydroxylation is 3. The number of hydrogen-bond donors (Lipinski definition) is 3. The van der Waals surface area contributed by atoms with Gasteiger partial charge in [-0.25, -0.2) is 9.78 Å². The number of carbonyl (C=O) groups excluding carboxylic acids is 1. The number of amides is 1. The number of aromatic nitrogens is 1. The number of rotatable bonds is 9. The molecule has 1 aliphatic heterocycles. The second-order valence-corrected chi connectivity index (χ2v) is 8.97. The number of carboxylic acid groups (broad SMARTS) is 1. The number of pyridine rings is 1. The van der Waals surface area contributed by atoms with Gasteiger partial charge in [-0.2, -0.15) is 0 Å². The Balaban J connectivity index is 1.30. The van der Waals surface area contributed by atoms with Crippen LogP contribution in [0, 0.1) is 0 Å². The molecule has 0 spiro atoms. The third-order valence-corrected chi connectivity index (χ3v) is 6.36. The van der Waals surface area contributed by atoms with Crippen molar-refractivity contribution in [2.75, 3.05) is 11.9 Å². The van der Waals surface area contributed by atoms with Crippen LogP contribution in [0.15, 0.2) is 60.7 Å². The highest BCUT2D eigenvalue weighted by Crippen LogP contribution is 2.21. The summed E-state index contributed by atoms with van der Waals surface area (Å²) in [5, 5.41) is 15.8. The van der Waals surface area contributed by atoms with Crippen LogP contribution in [0.1, 0.15) is 45.6 Å². The van der Waals surface area contributed by atoms with Crippen LogP contribution in [0.5, 0.6) is 0 Å². The molecule has 7 heteroatoms. The number of aliphatic carboxylic acids is 1. The summed E-state index contributed by atoms with van der Waals surface area (Å²) >= 11 is 6.06. The van der Waals surface area contributed by atoms with E-state index in [4.69, 9.17) is 16.6 Å². The molecule has 176 valence electrons. The van der Waals surface area contributed by atoms with Crippen LogP contribution in [0.3, 0.4) is 0 Å². The van der Waals surface area contributed by atoms with Gasteiger partial charge in [-0.3, -0.25) is 4.79 Å². The fraction of sp³-hybridized carbons (Fsp3) is 0.296. The average molecular weight is 478 g/mol. The van der Waals surface area contributed by atoms with Crippen LogP contribution in [0.2, 0.25) is 5.02 Å². The number of anilines is 1. The van der Waals surface area contributed by atoms with E-state index >= 15 is 0 Å². The number of carboxylic acids is 1. The summed E-state index contributed by atoms with van der Waals surface area (Å²) in [6.07, 6.45) is 5.25. The fourth-order valence-corrected chi connectivity index (χ4v) is 4.36. The zero-order valence-corrected chi connectivity index (χ0v) is 19.6. The molecule has 1 aromatic heterocycles. The molecule has 0 radical (unpaired) electrons. The molecule has 3 N–H and O–H groups in total. The lowest BCUT2D eigenvalue weighted by Gasteiger charge is -2.17. The van der Waals surface area contributed by atoms with E-state index in [-0.39, 0.29) is 17.0 Å². The summed E-state index contributed by atoms with van der Waals surface area (Å²) in [5.74, 6) is -0.556. The maximum absolute atomic E-state index is 12.5. The Hall–Kier alpha value is -3.38. The van der Waals surface area contributed by atoms with Gasteiger partial charge in [-0.1, -0.05) is 54.1 Å². The van der Waals surface area contributed by atoms with Crippen LogP contribution in [0.4, 0.5) is 5.82 Å². The molecule has 1 aliphatic rings. The smallest absolute Gasteiger partial charge is 0.326 e. The van der Waals surface area contributed by atoms with Gasteiger partial charge in [-0.05, 0) is 67.0 Å². The van der Waals surface area contributed by atoms with Crippen molar-refractivity contribution in [2.24, 2.45) is 0 Å². The minimum atomic E-state index is -1.09. The van der Waals surface area contributed by atoms with Crippen molar-refractivity contribution in [2.45, 2.75) is 44.6 Å². The van der Waals surface area contributed by atoms with Crippen LogP contribution in [-0.2, 0) is 30.5 Å². The molecular weight excluding hydrogens is 450 g/mol. The maximum atomic E-state index is 12.5. The first-order valence-corrected chi connectivity index (χ1v) is 12.0. The Morgan fingerprint density at radius 3 is 2.56 bits per heavy atom. The van der Waals surface area contributed by atoms with Crippen molar-refractivity contribution >= 4 is 29.3 Å². The number of benzene rings is 2. The van der Waals surface area contributed by atoms with Gasteiger partial charge in [0.05, 0.1) is 10.6 Å². The Morgan fingerprint density at radius 2 is 1.79 bits per heavy atom. The molecule has 2 heterocycles. The second kappa shape index (κ2) is 11.2. The summed E-state index contributed by atoms with van der Waals surface area (Å²) < 4.78 is 0. The topological polar surface area (TPSA) is 91.3 Å². The van der Waals surface area contributed by atoms with Crippen molar-refractivity contribution in [1.82, 2.24) is 10.3 Å². The molecule has 34 heavy (non-hydrogen) atoms. The van der Waals surface area contributed by atoms with E-state index in [2.05, 4.69) is 22.8 Å². The number of nitrogens with zero attached hydrogens (tertiary/aromatic N) is 1.